The van der Waals surface area contributed by atoms with Gasteiger partial charge in [-0.2, -0.15) is 5.26 Å². The van der Waals surface area contributed by atoms with Gasteiger partial charge in [-0.3, -0.25) is 0 Å². The van der Waals surface area contributed by atoms with Gasteiger partial charge in [0, 0.05) is 6.54 Å². The topological polar surface area (TPSA) is 65.3 Å². The summed E-state index contributed by atoms with van der Waals surface area (Å²) in [6, 6.07) is 5.58. The first-order valence-electron chi connectivity index (χ1n) is 4.88. The molecule has 0 bridgehead atoms. The minimum absolute atomic E-state index is 0.141. The van der Waals surface area contributed by atoms with E-state index in [2.05, 4.69) is 27.3 Å². The third-order valence-corrected chi connectivity index (χ3v) is 3.11. The Balaban J connectivity index is 2.97. The largest absolute Gasteiger partial charge is 0.494 e. The highest BCUT2D eigenvalue weighted by Gasteiger charge is 2.13. The van der Waals surface area contributed by atoms with E-state index in [0.29, 0.717) is 21.5 Å². The van der Waals surface area contributed by atoms with Crippen molar-refractivity contribution < 1.29 is 9.84 Å². The molecule has 1 atom stereocenters. The van der Waals surface area contributed by atoms with E-state index < -0.39 is 6.10 Å². The number of anilines is 1. The van der Waals surface area contributed by atoms with E-state index in [0.717, 1.165) is 0 Å². The molecule has 1 rings (SSSR count). The highest BCUT2D eigenvalue weighted by Crippen LogP contribution is 2.33. The average Bonchev–Trinajstić information content (AvgIpc) is 2.36. The van der Waals surface area contributed by atoms with Crippen LogP contribution in [0.25, 0.3) is 0 Å². The third kappa shape index (κ3) is 3.50. The molecule has 0 saturated heterocycles. The Labute approximate surface area is 113 Å². The molecule has 17 heavy (non-hydrogen) atoms. The van der Waals surface area contributed by atoms with Crippen molar-refractivity contribution in [3.05, 3.63) is 22.2 Å². The molecule has 0 saturated carbocycles. The molecule has 0 radical (unpaired) electrons. The van der Waals surface area contributed by atoms with E-state index in [1.165, 1.54) is 7.11 Å². The highest BCUT2D eigenvalue weighted by atomic mass is 79.9. The number of hydrogen-bond donors (Lipinski definition) is 2. The number of aliphatic hydroxyl groups excluding tert-OH is 1. The van der Waals surface area contributed by atoms with Gasteiger partial charge in [0.05, 0.1) is 29.3 Å². The van der Waals surface area contributed by atoms with Crippen LogP contribution < -0.4 is 10.1 Å². The van der Waals surface area contributed by atoms with Gasteiger partial charge in [-0.05, 0) is 28.1 Å². The second kappa shape index (κ2) is 6.70. The van der Waals surface area contributed by atoms with Gasteiger partial charge in [0.25, 0.3) is 0 Å². The van der Waals surface area contributed by atoms with Crippen molar-refractivity contribution in [2.75, 3.05) is 24.9 Å². The molecule has 1 aromatic carbocycles. The van der Waals surface area contributed by atoms with Gasteiger partial charge in [-0.15, -0.1) is 11.6 Å². The number of nitriles is 1. The molecule has 0 aliphatic heterocycles. The van der Waals surface area contributed by atoms with Crippen LogP contribution in [0.1, 0.15) is 5.56 Å². The summed E-state index contributed by atoms with van der Waals surface area (Å²) in [6.45, 7) is 0.281. The molecule has 0 amide bonds. The first kappa shape index (κ1) is 14.1. The minimum atomic E-state index is -0.655. The van der Waals surface area contributed by atoms with Crippen molar-refractivity contribution in [3.63, 3.8) is 0 Å². The molecule has 4 nitrogen and oxygen atoms in total. The van der Waals surface area contributed by atoms with E-state index >= 15 is 0 Å². The van der Waals surface area contributed by atoms with Crippen LogP contribution in [0.3, 0.4) is 0 Å². The first-order valence-corrected chi connectivity index (χ1v) is 6.21. The fraction of sp³-hybridized carbons (Fsp3) is 0.364. The van der Waals surface area contributed by atoms with Gasteiger partial charge in [0.15, 0.2) is 5.75 Å². The lowest BCUT2D eigenvalue weighted by molar-refractivity contribution is 0.211. The molecule has 0 aromatic heterocycles. The summed E-state index contributed by atoms with van der Waals surface area (Å²) in [5, 5.41) is 21.4. The number of alkyl halides is 1. The third-order valence-electron chi connectivity index (χ3n) is 2.13. The summed E-state index contributed by atoms with van der Waals surface area (Å²) >= 11 is 8.79. The van der Waals surface area contributed by atoms with Crippen LogP contribution in [0.5, 0.6) is 5.75 Å². The van der Waals surface area contributed by atoms with Gasteiger partial charge in [-0.25, -0.2) is 0 Å². The lowest BCUT2D eigenvalue weighted by Crippen LogP contribution is -2.21. The van der Waals surface area contributed by atoms with E-state index in [1.807, 2.05) is 0 Å². The van der Waals surface area contributed by atoms with Crippen molar-refractivity contribution in [2.24, 2.45) is 0 Å². The quantitative estimate of drug-likeness (QED) is 0.818. The Morgan fingerprint density at radius 2 is 2.35 bits per heavy atom. The number of aliphatic hydroxyl groups is 1. The smallest absolute Gasteiger partial charge is 0.152 e. The summed E-state index contributed by atoms with van der Waals surface area (Å²) < 4.78 is 5.85. The van der Waals surface area contributed by atoms with E-state index in [-0.39, 0.29) is 12.4 Å². The predicted molar refractivity (Wildman–Crippen MR) is 70.6 cm³/mol. The maximum atomic E-state index is 9.35. The summed E-state index contributed by atoms with van der Waals surface area (Å²) in [5.74, 6) is 0.612. The van der Waals surface area contributed by atoms with Crippen LogP contribution >= 0.6 is 27.5 Å². The molecule has 0 fully saturated rings. The summed E-state index contributed by atoms with van der Waals surface area (Å²) in [5.41, 5.74) is 1.00. The van der Waals surface area contributed by atoms with Gasteiger partial charge < -0.3 is 15.2 Å². The molecule has 6 heteroatoms. The molecule has 2 N–H and O–H groups in total. The summed E-state index contributed by atoms with van der Waals surface area (Å²) in [4.78, 5) is 0. The number of nitrogens with one attached hydrogen (secondary N) is 1. The normalized spacial score (nSPS) is 11.7. The van der Waals surface area contributed by atoms with Crippen molar-refractivity contribution in [1.82, 2.24) is 0 Å². The predicted octanol–water partition coefficient (Wildman–Crippen LogP) is 2.34. The molecule has 0 heterocycles. The number of nitrogens with zero attached hydrogens (tertiary/aromatic N) is 1. The highest BCUT2D eigenvalue weighted by molar-refractivity contribution is 9.10. The summed E-state index contributed by atoms with van der Waals surface area (Å²) in [7, 11) is 1.50. The van der Waals surface area contributed by atoms with Crippen LogP contribution in [0, 0.1) is 11.3 Å². The molecule has 0 aliphatic rings. The maximum absolute atomic E-state index is 9.35. The number of ether oxygens (including phenoxy) is 1. The number of halogens is 2. The number of benzene rings is 1. The van der Waals surface area contributed by atoms with Crippen LogP contribution in [-0.4, -0.2) is 30.7 Å². The maximum Gasteiger partial charge on any atom is 0.152 e. The molecular formula is C11H12BrClN2O2. The van der Waals surface area contributed by atoms with E-state index in [1.54, 1.807) is 12.1 Å². The van der Waals surface area contributed by atoms with Gasteiger partial charge in [0.1, 0.15) is 11.6 Å². The van der Waals surface area contributed by atoms with Crippen LogP contribution in [0.4, 0.5) is 5.69 Å². The Morgan fingerprint density at radius 1 is 1.65 bits per heavy atom. The SMILES string of the molecule is COc1c(Br)ccc(NCC(O)CCl)c1C#N. The van der Waals surface area contributed by atoms with Crippen LogP contribution in [-0.2, 0) is 0 Å². The van der Waals surface area contributed by atoms with Gasteiger partial charge in [-0.1, -0.05) is 0 Å². The van der Waals surface area contributed by atoms with Gasteiger partial charge >= 0.3 is 0 Å². The lowest BCUT2D eigenvalue weighted by atomic mass is 10.1. The zero-order valence-electron chi connectivity index (χ0n) is 9.20. The fourth-order valence-corrected chi connectivity index (χ4v) is 1.90. The molecule has 1 unspecified atom stereocenters. The van der Waals surface area contributed by atoms with E-state index in [4.69, 9.17) is 21.6 Å². The second-order valence-electron chi connectivity index (χ2n) is 3.30. The molecule has 1 aromatic rings. The lowest BCUT2D eigenvalue weighted by Gasteiger charge is -2.14. The van der Waals surface area contributed by atoms with Crippen molar-refractivity contribution in [1.29, 1.82) is 5.26 Å². The minimum Gasteiger partial charge on any atom is -0.494 e. The molecule has 0 aliphatic carbocycles. The monoisotopic (exact) mass is 318 g/mol. The van der Waals surface area contributed by atoms with Gasteiger partial charge in [0.2, 0.25) is 0 Å². The van der Waals surface area contributed by atoms with E-state index in [9.17, 15) is 5.11 Å². The first-order chi connectivity index (χ1) is 8.13. The molecule has 92 valence electrons. The number of methoxy groups -OCH3 is 1. The van der Waals surface area contributed by atoms with Crippen molar-refractivity contribution >= 4 is 33.2 Å². The fourth-order valence-electron chi connectivity index (χ4n) is 1.30. The molecular weight excluding hydrogens is 307 g/mol. The average molecular weight is 320 g/mol. The van der Waals surface area contributed by atoms with Crippen LogP contribution in [0.15, 0.2) is 16.6 Å². The second-order valence-corrected chi connectivity index (χ2v) is 4.47. The summed E-state index contributed by atoms with van der Waals surface area (Å²) in [6.07, 6.45) is -0.655. The Hall–Kier alpha value is -0.960. The zero-order valence-corrected chi connectivity index (χ0v) is 11.5. The number of rotatable bonds is 5. The molecule has 0 spiro atoms. The standard InChI is InChI=1S/C11H12BrClN2O2/c1-17-11-8(5-14)10(3-2-9(11)12)15-6-7(16)4-13/h2-3,7,15-16H,4,6H2,1H3. The Morgan fingerprint density at radius 3 is 2.88 bits per heavy atom. The van der Waals surface area contributed by atoms with Crippen LogP contribution in [0.2, 0.25) is 0 Å². The Kier molecular flexibility index (Phi) is 5.56. The van der Waals surface area contributed by atoms with Crippen molar-refractivity contribution in [2.45, 2.75) is 6.10 Å². The van der Waals surface area contributed by atoms with Crippen molar-refractivity contribution in [3.8, 4) is 11.8 Å². The Bertz CT molecular complexity index is 434. The number of hydrogen-bond acceptors (Lipinski definition) is 4. The zero-order chi connectivity index (χ0) is 12.8.